The predicted molar refractivity (Wildman–Crippen MR) is 215 cm³/mol. The fourth-order valence-corrected chi connectivity index (χ4v) is 10.5. The Morgan fingerprint density at radius 1 is 0.654 bits per heavy atom. The van der Waals surface area contributed by atoms with Crippen molar-refractivity contribution in [3.63, 3.8) is 0 Å². The van der Waals surface area contributed by atoms with Gasteiger partial charge < -0.3 is 8.83 Å². The molecule has 1 saturated carbocycles. The van der Waals surface area contributed by atoms with Crippen LogP contribution in [0, 0.1) is 11.8 Å². The van der Waals surface area contributed by atoms with Gasteiger partial charge in [-0.25, -0.2) is 0 Å². The molecule has 2 heteroatoms. The van der Waals surface area contributed by atoms with Crippen molar-refractivity contribution in [2.24, 2.45) is 11.8 Å². The van der Waals surface area contributed by atoms with E-state index >= 15 is 0 Å². The highest BCUT2D eigenvalue weighted by atomic mass is 16.3. The zero-order valence-electron chi connectivity index (χ0n) is 29.4. The summed E-state index contributed by atoms with van der Waals surface area (Å²) >= 11 is 0. The van der Waals surface area contributed by atoms with Gasteiger partial charge >= 0.3 is 0 Å². The fourth-order valence-electron chi connectivity index (χ4n) is 10.5. The lowest BCUT2D eigenvalue weighted by atomic mass is 9.67. The van der Waals surface area contributed by atoms with E-state index in [1.54, 1.807) is 5.57 Å². The summed E-state index contributed by atoms with van der Waals surface area (Å²) in [6, 6.07) is 40.5. The standard InChI is InChI=1S/C50H42O2/c1-2-12-32(13-3-1)41-24-25-42(50-49(41)48-39-16-7-6-14-33(39)23-26-46(48)52-50)38-29-36(35-22-21-31-11-4-5-15-34(31)27-35)28-37(30-38)40-18-10-20-45-47(40)43-17-8-9-19-44(43)51-45/h1-6,8-9,11-15,17,19-27,33,36-39H,7,10,16,18,28-30H2. The molecule has 1 fully saturated rings. The molecule has 254 valence electrons. The van der Waals surface area contributed by atoms with Gasteiger partial charge in [-0.3, -0.25) is 0 Å². The first-order chi connectivity index (χ1) is 25.8. The highest BCUT2D eigenvalue weighted by Gasteiger charge is 2.37. The Labute approximate surface area is 304 Å². The van der Waals surface area contributed by atoms with Crippen molar-refractivity contribution in [1.82, 2.24) is 0 Å². The molecule has 0 aliphatic heterocycles. The van der Waals surface area contributed by atoms with Gasteiger partial charge in [0.05, 0.1) is 0 Å². The van der Waals surface area contributed by atoms with Crippen LogP contribution in [0.5, 0.6) is 0 Å². The SMILES string of the molecule is C1=CC2C=Cc3oc4c(C5CC(C6=c7c(oc8ccccc78)=CCC6)CC(c6ccc7ccccc7c6)C5)ccc(-c5ccccc5)c4c3C2CC1. The lowest BCUT2D eigenvalue weighted by Crippen LogP contribution is -2.32. The first kappa shape index (κ1) is 30.3. The van der Waals surface area contributed by atoms with Crippen LogP contribution in [0.15, 0.2) is 136 Å². The molecule has 2 nitrogen and oxygen atoms in total. The topological polar surface area (TPSA) is 26.3 Å². The Kier molecular flexibility index (Phi) is 7.07. The second kappa shape index (κ2) is 12.1. The van der Waals surface area contributed by atoms with Crippen LogP contribution >= 0.6 is 0 Å². The lowest BCUT2D eigenvalue weighted by molar-refractivity contribution is 0.334. The van der Waals surface area contributed by atoms with Crippen molar-refractivity contribution in [3.8, 4) is 11.1 Å². The van der Waals surface area contributed by atoms with Crippen LogP contribution in [0.3, 0.4) is 0 Å². The van der Waals surface area contributed by atoms with E-state index in [4.69, 9.17) is 8.83 Å². The molecule has 5 unspecified atom stereocenters. The van der Waals surface area contributed by atoms with Gasteiger partial charge in [-0.05, 0) is 120 Å². The van der Waals surface area contributed by atoms with E-state index in [2.05, 4.69) is 140 Å². The largest absolute Gasteiger partial charge is 0.456 e. The first-order valence-electron chi connectivity index (χ1n) is 19.5. The van der Waals surface area contributed by atoms with E-state index in [0.717, 1.165) is 67.3 Å². The Balaban J connectivity index is 1.11. The van der Waals surface area contributed by atoms with E-state index in [0.29, 0.717) is 29.6 Å². The summed E-state index contributed by atoms with van der Waals surface area (Å²) in [5, 5.41) is 6.62. The van der Waals surface area contributed by atoms with Crippen molar-refractivity contribution in [1.29, 1.82) is 0 Å². The highest BCUT2D eigenvalue weighted by Crippen LogP contribution is 2.53. The van der Waals surface area contributed by atoms with Crippen molar-refractivity contribution < 1.29 is 8.83 Å². The van der Waals surface area contributed by atoms with Gasteiger partial charge in [0.1, 0.15) is 22.3 Å². The minimum atomic E-state index is 0.362. The molecule has 0 bridgehead atoms. The Hall–Kier alpha value is -5.34. The molecule has 5 aromatic carbocycles. The van der Waals surface area contributed by atoms with Crippen LogP contribution in [0.1, 0.15) is 85.2 Å². The number of para-hydroxylation sites is 1. The van der Waals surface area contributed by atoms with E-state index < -0.39 is 0 Å². The van der Waals surface area contributed by atoms with Crippen molar-refractivity contribution in [2.45, 2.75) is 62.7 Å². The van der Waals surface area contributed by atoms with E-state index in [-0.39, 0.29) is 0 Å². The number of allylic oxidation sites excluding steroid dienone is 3. The summed E-state index contributed by atoms with van der Waals surface area (Å²) in [4.78, 5) is 0. The van der Waals surface area contributed by atoms with Gasteiger partial charge in [-0.1, -0.05) is 127 Å². The molecular weight excluding hydrogens is 633 g/mol. The van der Waals surface area contributed by atoms with Crippen LogP contribution in [0.25, 0.3) is 61.6 Å². The lowest BCUT2D eigenvalue weighted by Gasteiger charge is -2.37. The number of benzene rings is 5. The highest BCUT2D eigenvalue weighted by molar-refractivity contribution is 6.01. The molecule has 4 aliphatic rings. The van der Waals surface area contributed by atoms with Crippen LogP contribution in [0.2, 0.25) is 0 Å². The number of hydrogen-bond donors (Lipinski definition) is 0. The molecule has 52 heavy (non-hydrogen) atoms. The van der Waals surface area contributed by atoms with Crippen LogP contribution in [-0.4, -0.2) is 0 Å². The summed E-state index contributed by atoms with van der Waals surface area (Å²) in [6.07, 6.45) is 19.6. The van der Waals surface area contributed by atoms with E-state index in [9.17, 15) is 0 Å². The number of rotatable bonds is 4. The molecule has 4 aliphatic carbocycles. The van der Waals surface area contributed by atoms with Crippen molar-refractivity contribution in [2.75, 3.05) is 0 Å². The van der Waals surface area contributed by atoms with Gasteiger partial charge in [-0.2, -0.15) is 0 Å². The maximum Gasteiger partial charge on any atom is 0.139 e. The monoisotopic (exact) mass is 674 g/mol. The Morgan fingerprint density at radius 3 is 2.42 bits per heavy atom. The smallest absolute Gasteiger partial charge is 0.139 e. The summed E-state index contributed by atoms with van der Waals surface area (Å²) in [5.41, 5.74) is 11.6. The Morgan fingerprint density at radius 2 is 1.48 bits per heavy atom. The average molecular weight is 675 g/mol. The average Bonchev–Trinajstić information content (AvgIpc) is 3.80. The van der Waals surface area contributed by atoms with Crippen LogP contribution in [0.4, 0.5) is 0 Å². The molecule has 2 aromatic heterocycles. The normalized spacial score (nSPS) is 23.8. The molecule has 11 rings (SSSR count). The van der Waals surface area contributed by atoms with E-state index in [1.807, 2.05) is 0 Å². The zero-order chi connectivity index (χ0) is 34.2. The van der Waals surface area contributed by atoms with Crippen molar-refractivity contribution >= 4 is 50.4 Å². The van der Waals surface area contributed by atoms with Crippen LogP contribution in [-0.2, 0) is 0 Å². The maximum absolute atomic E-state index is 7.13. The van der Waals surface area contributed by atoms with Gasteiger partial charge in [0.15, 0.2) is 0 Å². The first-order valence-corrected chi connectivity index (χ1v) is 19.5. The maximum atomic E-state index is 7.13. The van der Waals surface area contributed by atoms with Crippen molar-refractivity contribution in [3.05, 3.63) is 161 Å². The molecule has 0 radical (unpaired) electrons. The summed E-state index contributed by atoms with van der Waals surface area (Å²) in [5.74, 6) is 3.21. The summed E-state index contributed by atoms with van der Waals surface area (Å²) < 4.78 is 13.6. The minimum Gasteiger partial charge on any atom is -0.456 e. The molecule has 5 atom stereocenters. The second-order valence-electron chi connectivity index (χ2n) is 15.7. The van der Waals surface area contributed by atoms with Crippen LogP contribution < -0.4 is 10.6 Å². The molecule has 0 saturated heterocycles. The van der Waals surface area contributed by atoms with Gasteiger partial charge in [0, 0.05) is 27.5 Å². The fraction of sp³-hybridized carbons (Fsp3) is 0.240. The second-order valence-corrected chi connectivity index (χ2v) is 15.7. The minimum absolute atomic E-state index is 0.362. The summed E-state index contributed by atoms with van der Waals surface area (Å²) in [7, 11) is 0. The number of fused-ring (bicyclic) bond motifs is 9. The zero-order valence-corrected chi connectivity index (χ0v) is 29.4. The van der Waals surface area contributed by atoms with Gasteiger partial charge in [-0.15, -0.1) is 0 Å². The van der Waals surface area contributed by atoms with Gasteiger partial charge in [0.25, 0.3) is 0 Å². The third-order valence-electron chi connectivity index (χ3n) is 12.9. The molecule has 2 heterocycles. The third kappa shape index (κ3) is 4.84. The van der Waals surface area contributed by atoms with Gasteiger partial charge in [0.2, 0.25) is 0 Å². The Bertz CT molecular complexity index is 2700. The molecule has 0 amide bonds. The summed E-state index contributed by atoms with van der Waals surface area (Å²) in [6.45, 7) is 0. The molecule has 0 spiro atoms. The number of furan rings is 2. The molecule has 7 aromatic rings. The quantitative estimate of drug-likeness (QED) is 0.174. The predicted octanol–water partition coefficient (Wildman–Crippen LogP) is 12.2. The molecule has 0 N–H and O–H groups in total. The third-order valence-corrected chi connectivity index (χ3v) is 12.9. The van der Waals surface area contributed by atoms with E-state index in [1.165, 1.54) is 54.6 Å². The molecular formula is C50H42O2. The number of hydrogen-bond acceptors (Lipinski definition) is 2.